The van der Waals surface area contributed by atoms with Gasteiger partial charge in [0.1, 0.15) is 11.9 Å². The molecule has 0 aliphatic carbocycles. The summed E-state index contributed by atoms with van der Waals surface area (Å²) in [5.74, 6) is 1.18. The highest BCUT2D eigenvalue weighted by atomic mass is 35.5. The van der Waals surface area contributed by atoms with Crippen LogP contribution >= 0.6 is 11.6 Å². The van der Waals surface area contributed by atoms with Crippen LogP contribution in [0.15, 0.2) is 36.4 Å². The second kappa shape index (κ2) is 9.15. The van der Waals surface area contributed by atoms with Crippen LogP contribution in [0.2, 0.25) is 5.02 Å². The van der Waals surface area contributed by atoms with Gasteiger partial charge in [-0.3, -0.25) is 9.59 Å². The van der Waals surface area contributed by atoms with Gasteiger partial charge in [-0.25, -0.2) is 4.68 Å². The molecule has 33 heavy (non-hydrogen) atoms. The van der Waals surface area contributed by atoms with E-state index in [2.05, 4.69) is 15.7 Å². The number of amides is 2. The smallest absolute Gasteiger partial charge is 0.251 e. The summed E-state index contributed by atoms with van der Waals surface area (Å²) in [5, 5.41) is 11.0. The molecule has 2 heterocycles. The third-order valence-corrected chi connectivity index (χ3v) is 5.92. The molecule has 0 saturated carbocycles. The average Bonchev–Trinajstić information content (AvgIpc) is 3.30. The number of hydrogen-bond acceptors (Lipinski definition) is 5. The van der Waals surface area contributed by atoms with Crippen LogP contribution in [0.25, 0.3) is 11.1 Å². The molecule has 172 valence electrons. The molecule has 1 aromatic heterocycles. The van der Waals surface area contributed by atoms with E-state index >= 15 is 0 Å². The molecular formula is C24H25ClN4O4. The predicted molar refractivity (Wildman–Crippen MR) is 127 cm³/mol. The van der Waals surface area contributed by atoms with E-state index < -0.39 is 6.04 Å². The van der Waals surface area contributed by atoms with E-state index in [1.54, 1.807) is 31.0 Å². The maximum absolute atomic E-state index is 12.8. The van der Waals surface area contributed by atoms with Gasteiger partial charge in [0.25, 0.3) is 5.91 Å². The van der Waals surface area contributed by atoms with Crippen LogP contribution in [0.4, 0.5) is 11.5 Å². The Bertz CT molecular complexity index is 1240. The van der Waals surface area contributed by atoms with Crippen LogP contribution in [0.5, 0.6) is 11.5 Å². The molecule has 3 aromatic rings. The highest BCUT2D eigenvalue weighted by molar-refractivity contribution is 6.31. The number of aromatic nitrogens is 2. The van der Waals surface area contributed by atoms with Crippen LogP contribution < -0.4 is 20.1 Å². The number of rotatable bonds is 7. The fourth-order valence-corrected chi connectivity index (χ4v) is 4.14. The van der Waals surface area contributed by atoms with Gasteiger partial charge in [-0.05, 0) is 48.7 Å². The van der Waals surface area contributed by atoms with Crippen molar-refractivity contribution in [2.45, 2.75) is 32.7 Å². The minimum atomic E-state index is -0.751. The topological polar surface area (TPSA) is 94.5 Å². The first-order valence-electron chi connectivity index (χ1n) is 10.6. The van der Waals surface area contributed by atoms with E-state index in [4.69, 9.17) is 21.1 Å². The molecule has 1 aliphatic heterocycles. The number of carbonyl (C=O) groups excluding carboxylic acids is 2. The number of methoxy groups -OCH3 is 2. The lowest BCUT2D eigenvalue weighted by atomic mass is 10.0. The summed E-state index contributed by atoms with van der Waals surface area (Å²) < 4.78 is 12.4. The summed E-state index contributed by atoms with van der Waals surface area (Å²) in [6.07, 6.45) is 0.598. The first kappa shape index (κ1) is 22.7. The number of halogens is 1. The Balaban J connectivity index is 1.64. The Morgan fingerprint density at radius 3 is 2.64 bits per heavy atom. The van der Waals surface area contributed by atoms with Gasteiger partial charge < -0.3 is 20.1 Å². The fourth-order valence-electron chi connectivity index (χ4n) is 3.97. The molecule has 1 unspecified atom stereocenters. The summed E-state index contributed by atoms with van der Waals surface area (Å²) in [4.78, 5) is 25.6. The highest BCUT2D eigenvalue weighted by Crippen LogP contribution is 2.41. The second-order valence-electron chi connectivity index (χ2n) is 7.75. The molecule has 0 radical (unpaired) electrons. The molecule has 0 saturated heterocycles. The van der Waals surface area contributed by atoms with Gasteiger partial charge in [-0.1, -0.05) is 30.7 Å². The SMILES string of the molecule is CCc1nn2c(c1-c1ccc(OC)c(OC)c1)NC(=O)C2CC(=O)Nc1cc(Cl)ccc1C. The molecule has 4 rings (SSSR count). The molecule has 0 fully saturated rings. The van der Waals surface area contributed by atoms with Gasteiger partial charge in [0.2, 0.25) is 5.91 Å². The maximum Gasteiger partial charge on any atom is 0.251 e. The van der Waals surface area contributed by atoms with Crippen LogP contribution in [-0.4, -0.2) is 35.8 Å². The number of aryl methyl sites for hydroxylation is 2. The Morgan fingerprint density at radius 1 is 1.18 bits per heavy atom. The van der Waals surface area contributed by atoms with Gasteiger partial charge in [0, 0.05) is 16.3 Å². The monoisotopic (exact) mass is 468 g/mol. The van der Waals surface area contributed by atoms with Crippen molar-refractivity contribution in [3.8, 4) is 22.6 Å². The molecule has 2 N–H and O–H groups in total. The first-order chi connectivity index (χ1) is 15.9. The van der Waals surface area contributed by atoms with E-state index in [1.807, 2.05) is 38.1 Å². The number of nitrogens with one attached hydrogen (secondary N) is 2. The maximum atomic E-state index is 12.8. The number of benzene rings is 2. The molecule has 1 aliphatic rings. The van der Waals surface area contributed by atoms with Gasteiger partial charge >= 0.3 is 0 Å². The number of hydrogen-bond donors (Lipinski definition) is 2. The Morgan fingerprint density at radius 2 is 1.94 bits per heavy atom. The number of nitrogens with zero attached hydrogens (tertiary/aromatic N) is 2. The van der Waals surface area contributed by atoms with Crippen molar-refractivity contribution < 1.29 is 19.1 Å². The molecule has 2 aromatic carbocycles. The zero-order chi connectivity index (χ0) is 23.7. The summed E-state index contributed by atoms with van der Waals surface area (Å²) in [6, 6.07) is 10.1. The minimum absolute atomic E-state index is 0.0546. The first-order valence-corrected chi connectivity index (χ1v) is 10.9. The summed E-state index contributed by atoms with van der Waals surface area (Å²) in [6.45, 7) is 3.87. The molecule has 8 nitrogen and oxygen atoms in total. The van der Waals surface area contributed by atoms with Crippen molar-refractivity contribution in [1.29, 1.82) is 0 Å². The Hall–Kier alpha value is -3.52. The van der Waals surface area contributed by atoms with Gasteiger partial charge in [-0.2, -0.15) is 5.10 Å². The molecular weight excluding hydrogens is 444 g/mol. The average molecular weight is 469 g/mol. The molecule has 2 amide bonds. The number of anilines is 2. The normalized spacial score (nSPS) is 14.6. The van der Waals surface area contributed by atoms with E-state index in [9.17, 15) is 9.59 Å². The third-order valence-electron chi connectivity index (χ3n) is 5.68. The number of fused-ring (bicyclic) bond motifs is 1. The lowest BCUT2D eigenvalue weighted by molar-refractivity contribution is -0.123. The Kier molecular flexibility index (Phi) is 6.29. The van der Waals surface area contributed by atoms with Gasteiger partial charge in [0.05, 0.1) is 26.3 Å². The molecule has 0 bridgehead atoms. The zero-order valence-corrected chi connectivity index (χ0v) is 19.6. The Labute approximate surface area is 196 Å². The summed E-state index contributed by atoms with van der Waals surface area (Å²) in [7, 11) is 3.15. The largest absolute Gasteiger partial charge is 0.493 e. The molecule has 1 atom stereocenters. The highest BCUT2D eigenvalue weighted by Gasteiger charge is 2.37. The van der Waals surface area contributed by atoms with Crippen molar-refractivity contribution in [1.82, 2.24) is 9.78 Å². The van der Waals surface area contributed by atoms with Crippen LogP contribution in [0.1, 0.15) is 30.6 Å². The fraction of sp³-hybridized carbons (Fsp3) is 0.292. The summed E-state index contributed by atoms with van der Waals surface area (Å²) >= 11 is 6.05. The lowest BCUT2D eigenvalue weighted by Crippen LogP contribution is -2.24. The van der Waals surface area contributed by atoms with Crippen molar-refractivity contribution in [3.05, 3.63) is 52.7 Å². The van der Waals surface area contributed by atoms with E-state index in [1.165, 1.54) is 0 Å². The minimum Gasteiger partial charge on any atom is -0.493 e. The standard InChI is InChI=1S/C24H25ClN4O4/c1-5-16-22(14-7-9-19(32-3)20(10-14)33-4)23-27-24(31)18(29(23)28-16)12-21(30)26-17-11-15(25)8-6-13(17)2/h6-11,18H,5,12H2,1-4H3,(H,26,30)(H,27,31). The van der Waals surface area contributed by atoms with E-state index in [-0.39, 0.29) is 18.2 Å². The quantitative estimate of drug-likeness (QED) is 0.528. The molecule has 0 spiro atoms. The predicted octanol–water partition coefficient (Wildman–Crippen LogP) is 4.61. The van der Waals surface area contributed by atoms with Gasteiger partial charge in [0.15, 0.2) is 11.5 Å². The van der Waals surface area contributed by atoms with Crippen LogP contribution in [0, 0.1) is 6.92 Å². The van der Waals surface area contributed by atoms with Crippen LogP contribution in [-0.2, 0) is 16.0 Å². The molecule has 9 heteroatoms. The number of ether oxygens (including phenoxy) is 2. The van der Waals surface area contributed by atoms with E-state index in [0.717, 1.165) is 22.4 Å². The second-order valence-corrected chi connectivity index (χ2v) is 8.19. The van der Waals surface area contributed by atoms with Gasteiger partial charge in [-0.15, -0.1) is 0 Å². The third kappa shape index (κ3) is 4.26. The lowest BCUT2D eigenvalue weighted by Gasteiger charge is -2.12. The summed E-state index contributed by atoms with van der Waals surface area (Å²) in [5.41, 5.74) is 3.96. The van der Waals surface area contributed by atoms with E-state index in [0.29, 0.717) is 34.4 Å². The van der Waals surface area contributed by atoms with Crippen LogP contribution in [0.3, 0.4) is 0 Å². The zero-order valence-electron chi connectivity index (χ0n) is 18.9. The van der Waals surface area contributed by atoms with Crippen molar-refractivity contribution in [3.63, 3.8) is 0 Å². The number of carbonyl (C=O) groups is 2. The van der Waals surface area contributed by atoms with Crippen molar-refractivity contribution in [2.75, 3.05) is 24.9 Å². The van der Waals surface area contributed by atoms with Crippen molar-refractivity contribution >= 4 is 34.9 Å². The van der Waals surface area contributed by atoms with Crippen molar-refractivity contribution in [2.24, 2.45) is 0 Å².